The number of hydrogen-bond donors (Lipinski definition) is 2. The summed E-state index contributed by atoms with van der Waals surface area (Å²) in [7, 11) is 3.03. The van der Waals surface area contributed by atoms with E-state index in [1.54, 1.807) is 11.9 Å². The van der Waals surface area contributed by atoms with Gasteiger partial charge < -0.3 is 20.1 Å². The molecule has 4 rings (SSSR count). The van der Waals surface area contributed by atoms with Crippen molar-refractivity contribution in [3.63, 3.8) is 0 Å². The highest BCUT2D eigenvalue weighted by molar-refractivity contribution is 7.17. The van der Waals surface area contributed by atoms with Crippen molar-refractivity contribution in [2.24, 2.45) is 5.92 Å². The number of aromatic nitrogens is 1. The van der Waals surface area contributed by atoms with Gasteiger partial charge in [0.15, 0.2) is 5.72 Å². The third-order valence-electron chi connectivity index (χ3n) is 6.42. The Morgan fingerprint density at radius 1 is 1.32 bits per heavy atom. The molecular weight excluding hydrogens is 480 g/mol. The van der Waals surface area contributed by atoms with E-state index >= 15 is 4.39 Å². The maximum absolute atomic E-state index is 15.1. The van der Waals surface area contributed by atoms with Crippen LogP contribution in [-0.4, -0.2) is 77.5 Å². The second-order valence-corrected chi connectivity index (χ2v) is 9.47. The number of carboxylic acid groups (broad SMARTS) is 1. The molecule has 0 radical (unpaired) electrons. The summed E-state index contributed by atoms with van der Waals surface area (Å²) in [5, 5.41) is 13.5. The van der Waals surface area contributed by atoms with Crippen LogP contribution in [0.25, 0.3) is 10.2 Å². The maximum atomic E-state index is 15.1. The highest BCUT2D eigenvalue weighted by Gasteiger charge is 2.56. The number of carbonyl (C=O) groups excluding carboxylic acids is 1. The number of hydrogen-bond acceptors (Lipinski definition) is 6. The Balaban J connectivity index is 1.89. The second-order valence-electron chi connectivity index (χ2n) is 8.59. The molecule has 0 bridgehead atoms. The van der Waals surface area contributed by atoms with E-state index in [0.717, 1.165) is 16.2 Å². The van der Waals surface area contributed by atoms with Crippen molar-refractivity contribution in [1.82, 2.24) is 20.1 Å². The Morgan fingerprint density at radius 2 is 2.06 bits per heavy atom. The largest absolute Gasteiger partial charge is 0.465 e. The Kier molecular flexibility index (Phi) is 6.36. The first kappa shape index (κ1) is 24.5. The zero-order valence-electron chi connectivity index (χ0n) is 18.5. The SMILES string of the molecule is CNC(=O)c1csc2c(C(F)(F)F)cc(OC3(C4CN(C)CC4F)CCCCN3C(=O)O)nc12. The summed E-state index contributed by atoms with van der Waals surface area (Å²) in [6.07, 6.45) is -6.45. The maximum Gasteiger partial charge on any atom is 0.418 e. The van der Waals surface area contributed by atoms with E-state index in [1.807, 2.05) is 0 Å². The van der Waals surface area contributed by atoms with Crippen LogP contribution in [0.3, 0.4) is 0 Å². The number of pyridine rings is 1. The average Bonchev–Trinajstić information content (AvgIpc) is 3.34. The van der Waals surface area contributed by atoms with Gasteiger partial charge in [0.2, 0.25) is 5.88 Å². The van der Waals surface area contributed by atoms with Gasteiger partial charge in [0, 0.05) is 44.5 Å². The molecule has 2 aliphatic heterocycles. The van der Waals surface area contributed by atoms with Crippen molar-refractivity contribution in [1.29, 1.82) is 0 Å². The zero-order chi connectivity index (χ0) is 24.8. The van der Waals surface area contributed by atoms with E-state index in [1.165, 1.54) is 12.4 Å². The van der Waals surface area contributed by atoms with Crippen LogP contribution in [0.4, 0.5) is 22.4 Å². The highest BCUT2D eigenvalue weighted by Crippen LogP contribution is 2.45. The van der Waals surface area contributed by atoms with Crippen LogP contribution < -0.4 is 10.1 Å². The van der Waals surface area contributed by atoms with Crippen LogP contribution in [0.2, 0.25) is 0 Å². The lowest BCUT2D eigenvalue weighted by Crippen LogP contribution is -2.64. The molecule has 2 aromatic heterocycles. The zero-order valence-corrected chi connectivity index (χ0v) is 19.3. The van der Waals surface area contributed by atoms with Gasteiger partial charge >= 0.3 is 12.3 Å². The first-order chi connectivity index (χ1) is 16.0. The number of rotatable bonds is 4. The first-order valence-electron chi connectivity index (χ1n) is 10.7. The standard InChI is InChI=1S/C21H24F4N4O4S/c1-26-18(30)11-10-34-17-12(21(23,24)25)7-15(27-16(11)17)33-20(13-8-28(2)9-14(13)22)5-3-4-6-29(20)19(31)32/h7,10,13-14H,3-6,8-9H2,1-2H3,(H,26,30)(H,31,32). The normalized spacial score (nSPS) is 26.1. The van der Waals surface area contributed by atoms with Crippen molar-refractivity contribution in [3.8, 4) is 5.88 Å². The van der Waals surface area contributed by atoms with Gasteiger partial charge in [-0.15, -0.1) is 11.3 Å². The molecule has 8 nitrogen and oxygen atoms in total. The Morgan fingerprint density at radius 3 is 2.65 bits per heavy atom. The number of halogens is 4. The number of thiophene rings is 1. The van der Waals surface area contributed by atoms with Gasteiger partial charge in [-0.3, -0.25) is 9.69 Å². The van der Waals surface area contributed by atoms with E-state index in [4.69, 9.17) is 4.74 Å². The van der Waals surface area contributed by atoms with Crippen LogP contribution in [0.5, 0.6) is 5.88 Å². The van der Waals surface area contributed by atoms with Crippen LogP contribution >= 0.6 is 11.3 Å². The molecule has 186 valence electrons. The number of piperidine rings is 1. The fraction of sp³-hybridized carbons (Fsp3) is 0.571. The molecule has 3 atom stereocenters. The lowest BCUT2D eigenvalue weighted by molar-refractivity contribution is -0.145. The minimum atomic E-state index is -4.79. The minimum Gasteiger partial charge on any atom is -0.465 e. The molecule has 0 aliphatic carbocycles. The van der Waals surface area contributed by atoms with Crippen LogP contribution in [0, 0.1) is 5.92 Å². The summed E-state index contributed by atoms with van der Waals surface area (Å²) in [6, 6.07) is 0.703. The van der Waals surface area contributed by atoms with E-state index in [-0.39, 0.29) is 41.8 Å². The highest BCUT2D eigenvalue weighted by atomic mass is 32.1. The fourth-order valence-electron chi connectivity index (χ4n) is 4.90. The monoisotopic (exact) mass is 504 g/mol. The molecule has 2 fully saturated rings. The van der Waals surface area contributed by atoms with Crippen LogP contribution in [-0.2, 0) is 6.18 Å². The lowest BCUT2D eigenvalue weighted by atomic mass is 9.84. The molecule has 3 unspecified atom stereocenters. The molecule has 2 aliphatic rings. The predicted octanol–water partition coefficient (Wildman–Crippen LogP) is 3.81. The number of likely N-dealkylation sites (tertiary alicyclic amines) is 2. The third kappa shape index (κ3) is 4.15. The van der Waals surface area contributed by atoms with Gasteiger partial charge in [0.1, 0.15) is 6.17 Å². The fourth-order valence-corrected chi connectivity index (χ4v) is 5.92. The van der Waals surface area contributed by atoms with Crippen molar-refractivity contribution in [2.75, 3.05) is 33.7 Å². The molecule has 34 heavy (non-hydrogen) atoms. The number of ether oxygens (including phenoxy) is 1. The first-order valence-corrected chi connectivity index (χ1v) is 11.6. The summed E-state index contributed by atoms with van der Waals surface area (Å²) in [4.78, 5) is 31.3. The molecule has 2 amide bonds. The number of alkyl halides is 4. The molecule has 0 spiro atoms. The average molecular weight is 505 g/mol. The molecular formula is C21H24F4N4O4S. The summed E-state index contributed by atoms with van der Waals surface area (Å²) >= 11 is 0.726. The quantitative estimate of drug-likeness (QED) is 0.615. The number of amides is 2. The van der Waals surface area contributed by atoms with E-state index < -0.39 is 47.4 Å². The number of nitrogens with zero attached hydrogens (tertiary/aromatic N) is 3. The van der Waals surface area contributed by atoms with Gasteiger partial charge in [-0.05, 0) is 19.9 Å². The van der Waals surface area contributed by atoms with Crippen molar-refractivity contribution in [3.05, 3.63) is 22.6 Å². The summed E-state index contributed by atoms with van der Waals surface area (Å²) in [5.74, 6) is -2.05. The summed E-state index contributed by atoms with van der Waals surface area (Å²) in [5.41, 5.74) is -3.06. The minimum absolute atomic E-state index is 0.0504. The van der Waals surface area contributed by atoms with E-state index in [2.05, 4.69) is 10.3 Å². The summed E-state index contributed by atoms with van der Waals surface area (Å²) in [6.45, 7) is 0.273. The number of nitrogens with one attached hydrogen (secondary N) is 1. The molecule has 0 aromatic carbocycles. The molecule has 0 saturated carbocycles. The topological polar surface area (TPSA) is 95.0 Å². The number of fused-ring (bicyclic) bond motifs is 1. The second kappa shape index (κ2) is 8.84. The smallest absolute Gasteiger partial charge is 0.418 e. The van der Waals surface area contributed by atoms with Crippen molar-refractivity contribution in [2.45, 2.75) is 37.3 Å². The van der Waals surface area contributed by atoms with Gasteiger partial charge in [-0.2, -0.15) is 13.2 Å². The third-order valence-corrected chi connectivity index (χ3v) is 7.43. The molecule has 2 saturated heterocycles. The van der Waals surface area contributed by atoms with Gasteiger partial charge in [0.05, 0.1) is 27.3 Å². The predicted molar refractivity (Wildman–Crippen MR) is 116 cm³/mol. The Labute approximate surface area is 196 Å². The summed E-state index contributed by atoms with van der Waals surface area (Å²) < 4.78 is 62.7. The molecule has 4 heterocycles. The Bertz CT molecular complexity index is 1110. The van der Waals surface area contributed by atoms with Gasteiger partial charge in [-0.1, -0.05) is 0 Å². The van der Waals surface area contributed by atoms with Crippen molar-refractivity contribution < 1.29 is 37.0 Å². The van der Waals surface area contributed by atoms with Gasteiger partial charge in [-0.25, -0.2) is 14.2 Å². The van der Waals surface area contributed by atoms with Crippen LogP contribution in [0.1, 0.15) is 35.2 Å². The van der Waals surface area contributed by atoms with Crippen LogP contribution in [0.15, 0.2) is 11.4 Å². The molecule has 2 aromatic rings. The molecule has 2 N–H and O–H groups in total. The number of carbonyl (C=O) groups is 2. The van der Waals surface area contributed by atoms with Crippen molar-refractivity contribution >= 4 is 33.6 Å². The van der Waals surface area contributed by atoms with E-state index in [0.29, 0.717) is 18.9 Å². The van der Waals surface area contributed by atoms with E-state index in [9.17, 15) is 27.9 Å². The lowest BCUT2D eigenvalue weighted by Gasteiger charge is -2.48. The Hall–Kier alpha value is -2.67. The molecule has 13 heteroatoms. The van der Waals surface area contributed by atoms with Gasteiger partial charge in [0.25, 0.3) is 5.91 Å².